The van der Waals surface area contributed by atoms with E-state index in [1.54, 1.807) is 7.11 Å². The smallest absolute Gasteiger partial charge is 0.237 e. The highest BCUT2D eigenvalue weighted by Gasteiger charge is 2.27. The van der Waals surface area contributed by atoms with Crippen LogP contribution in [-0.2, 0) is 9.53 Å². The van der Waals surface area contributed by atoms with Crippen molar-refractivity contribution in [1.29, 1.82) is 0 Å². The fourth-order valence-electron chi connectivity index (χ4n) is 2.33. The van der Waals surface area contributed by atoms with E-state index in [-0.39, 0.29) is 24.4 Å². The van der Waals surface area contributed by atoms with Crippen LogP contribution in [0.5, 0.6) is 0 Å². The van der Waals surface area contributed by atoms with E-state index in [2.05, 4.69) is 5.32 Å². The predicted octanol–water partition coefficient (Wildman–Crippen LogP) is 2.61. The molecule has 1 aliphatic rings. The van der Waals surface area contributed by atoms with Crippen LogP contribution in [0.4, 0.5) is 0 Å². The van der Waals surface area contributed by atoms with Gasteiger partial charge in [-0.2, -0.15) is 11.8 Å². The van der Waals surface area contributed by atoms with Gasteiger partial charge in [-0.1, -0.05) is 23.7 Å². The molecule has 0 aromatic heterocycles. The Kier molecular flexibility index (Phi) is 9.21. The molecule has 0 radical (unpaired) electrons. The highest BCUT2D eigenvalue weighted by molar-refractivity contribution is 7.99. The number of thioether (sulfide) groups is 1. The minimum absolute atomic E-state index is 0. The van der Waals surface area contributed by atoms with Gasteiger partial charge in [0.25, 0.3) is 0 Å². The maximum Gasteiger partial charge on any atom is 0.237 e. The van der Waals surface area contributed by atoms with Gasteiger partial charge in [0, 0.05) is 36.7 Å². The monoisotopic (exact) mass is 364 g/mol. The second kappa shape index (κ2) is 10.3. The average molecular weight is 365 g/mol. The van der Waals surface area contributed by atoms with Crippen molar-refractivity contribution in [2.75, 3.05) is 44.9 Å². The average Bonchev–Trinajstić information content (AvgIpc) is 2.52. The molecular formula is C15H22Cl2N2O2S. The summed E-state index contributed by atoms with van der Waals surface area (Å²) < 4.78 is 4.97. The Labute approximate surface area is 147 Å². The molecule has 0 aliphatic carbocycles. The lowest BCUT2D eigenvalue weighted by Gasteiger charge is -2.36. The Bertz CT molecular complexity index is 459. The Balaban J connectivity index is 0.00000242. The molecule has 124 valence electrons. The third-order valence-electron chi connectivity index (χ3n) is 3.46. The van der Waals surface area contributed by atoms with E-state index in [9.17, 15) is 4.79 Å². The number of nitrogens with one attached hydrogen (secondary N) is 1. The van der Waals surface area contributed by atoms with Gasteiger partial charge in [0.05, 0.1) is 19.2 Å². The van der Waals surface area contributed by atoms with Crippen LogP contribution in [0.15, 0.2) is 24.3 Å². The summed E-state index contributed by atoms with van der Waals surface area (Å²) in [5.74, 6) is 2.07. The lowest BCUT2D eigenvalue weighted by Crippen LogP contribution is -2.45. The molecule has 4 nitrogen and oxygen atoms in total. The number of methoxy groups -OCH3 is 1. The minimum Gasteiger partial charge on any atom is -0.383 e. The summed E-state index contributed by atoms with van der Waals surface area (Å²) in [5.41, 5.74) is 1.15. The molecule has 1 fully saturated rings. The summed E-state index contributed by atoms with van der Waals surface area (Å²) >= 11 is 7.83. The summed E-state index contributed by atoms with van der Waals surface area (Å²) in [4.78, 5) is 14.4. The van der Waals surface area contributed by atoms with Crippen LogP contribution < -0.4 is 5.32 Å². The third-order valence-corrected chi connectivity index (χ3v) is 4.74. The Hall–Kier alpha value is -0.460. The number of benzene rings is 1. The van der Waals surface area contributed by atoms with Gasteiger partial charge in [-0.05, 0) is 17.7 Å². The van der Waals surface area contributed by atoms with Crippen LogP contribution in [0, 0.1) is 0 Å². The zero-order valence-electron chi connectivity index (χ0n) is 12.6. The molecular weight excluding hydrogens is 343 g/mol. The number of nitrogens with zero attached hydrogens (tertiary/aromatic N) is 1. The van der Waals surface area contributed by atoms with Crippen LogP contribution in [0.1, 0.15) is 11.6 Å². The van der Waals surface area contributed by atoms with Gasteiger partial charge in [0.15, 0.2) is 0 Å². The SMILES string of the molecule is COCCNCC(=O)N1CCSCC1c1ccc(Cl)cc1.Cl. The summed E-state index contributed by atoms with van der Waals surface area (Å²) in [6.45, 7) is 2.46. The molecule has 1 atom stereocenters. The first kappa shape index (κ1) is 19.6. The summed E-state index contributed by atoms with van der Waals surface area (Å²) in [6.07, 6.45) is 0. The normalized spacial score (nSPS) is 17.9. The summed E-state index contributed by atoms with van der Waals surface area (Å²) in [7, 11) is 1.65. The predicted molar refractivity (Wildman–Crippen MR) is 95.2 cm³/mol. The maximum absolute atomic E-state index is 12.4. The van der Waals surface area contributed by atoms with Crippen molar-refractivity contribution in [3.63, 3.8) is 0 Å². The fraction of sp³-hybridized carbons (Fsp3) is 0.533. The number of rotatable bonds is 6. The Morgan fingerprint density at radius 3 is 2.86 bits per heavy atom. The van der Waals surface area contributed by atoms with E-state index in [4.69, 9.17) is 16.3 Å². The molecule has 1 amide bonds. The van der Waals surface area contributed by atoms with E-state index in [1.165, 1.54) is 0 Å². The molecule has 7 heteroatoms. The van der Waals surface area contributed by atoms with Gasteiger partial charge in [0.2, 0.25) is 5.91 Å². The molecule has 1 unspecified atom stereocenters. The molecule has 2 rings (SSSR count). The van der Waals surface area contributed by atoms with E-state index in [0.29, 0.717) is 19.7 Å². The number of hydrogen-bond donors (Lipinski definition) is 1. The lowest BCUT2D eigenvalue weighted by atomic mass is 10.1. The van der Waals surface area contributed by atoms with E-state index >= 15 is 0 Å². The largest absolute Gasteiger partial charge is 0.383 e. The van der Waals surface area contributed by atoms with Gasteiger partial charge >= 0.3 is 0 Å². The van der Waals surface area contributed by atoms with Crippen molar-refractivity contribution >= 4 is 41.7 Å². The fourth-order valence-corrected chi connectivity index (χ4v) is 3.55. The number of carbonyl (C=O) groups excluding carboxylic acids is 1. The van der Waals surface area contributed by atoms with Crippen molar-refractivity contribution < 1.29 is 9.53 Å². The van der Waals surface area contributed by atoms with Gasteiger partial charge in [-0.3, -0.25) is 4.79 Å². The van der Waals surface area contributed by atoms with Crippen LogP contribution >= 0.6 is 35.8 Å². The number of hydrogen-bond acceptors (Lipinski definition) is 4. The van der Waals surface area contributed by atoms with Crippen molar-refractivity contribution in [1.82, 2.24) is 10.2 Å². The van der Waals surface area contributed by atoms with Crippen molar-refractivity contribution in [2.45, 2.75) is 6.04 Å². The van der Waals surface area contributed by atoms with Gasteiger partial charge in [-0.25, -0.2) is 0 Å². The van der Waals surface area contributed by atoms with Gasteiger partial charge < -0.3 is 15.0 Å². The zero-order valence-corrected chi connectivity index (χ0v) is 15.0. The second-order valence-corrected chi connectivity index (χ2v) is 6.49. The lowest BCUT2D eigenvalue weighted by molar-refractivity contribution is -0.132. The van der Waals surface area contributed by atoms with E-state index in [1.807, 2.05) is 40.9 Å². The Morgan fingerprint density at radius 2 is 2.18 bits per heavy atom. The molecule has 1 aromatic carbocycles. The zero-order chi connectivity index (χ0) is 15.1. The molecule has 22 heavy (non-hydrogen) atoms. The number of carbonyl (C=O) groups is 1. The number of ether oxygens (including phenoxy) is 1. The van der Waals surface area contributed by atoms with Gasteiger partial charge in [-0.15, -0.1) is 12.4 Å². The molecule has 1 N–H and O–H groups in total. The molecule has 1 saturated heterocycles. The van der Waals surface area contributed by atoms with Crippen molar-refractivity contribution in [2.24, 2.45) is 0 Å². The third kappa shape index (κ3) is 5.63. The Morgan fingerprint density at radius 1 is 1.45 bits per heavy atom. The van der Waals surface area contributed by atoms with Crippen LogP contribution in [0.25, 0.3) is 0 Å². The summed E-state index contributed by atoms with van der Waals surface area (Å²) in [6, 6.07) is 7.93. The molecule has 0 saturated carbocycles. The standard InChI is InChI=1S/C15H21ClN2O2S.ClH/c1-20-8-6-17-10-15(19)18-7-9-21-11-14(18)12-2-4-13(16)5-3-12;/h2-5,14,17H,6-11H2,1H3;1H. The molecule has 0 bridgehead atoms. The molecule has 1 aromatic rings. The van der Waals surface area contributed by atoms with Gasteiger partial charge in [0.1, 0.15) is 0 Å². The van der Waals surface area contributed by atoms with Crippen LogP contribution in [0.3, 0.4) is 0 Å². The minimum atomic E-state index is 0. The number of halogens is 2. The second-order valence-electron chi connectivity index (χ2n) is 4.90. The molecule has 1 aliphatic heterocycles. The van der Waals surface area contributed by atoms with Crippen molar-refractivity contribution in [3.05, 3.63) is 34.9 Å². The first-order chi connectivity index (χ1) is 10.2. The van der Waals surface area contributed by atoms with Crippen LogP contribution in [0.2, 0.25) is 5.02 Å². The topological polar surface area (TPSA) is 41.6 Å². The van der Waals surface area contributed by atoms with Crippen LogP contribution in [-0.4, -0.2) is 55.7 Å². The highest BCUT2D eigenvalue weighted by atomic mass is 35.5. The first-order valence-electron chi connectivity index (χ1n) is 7.04. The summed E-state index contributed by atoms with van der Waals surface area (Å²) in [5, 5.41) is 3.84. The number of amides is 1. The first-order valence-corrected chi connectivity index (χ1v) is 8.58. The van der Waals surface area contributed by atoms with E-state index < -0.39 is 0 Å². The highest BCUT2D eigenvalue weighted by Crippen LogP contribution is 2.30. The maximum atomic E-state index is 12.4. The van der Waals surface area contributed by atoms with E-state index in [0.717, 1.165) is 28.6 Å². The quantitative estimate of drug-likeness (QED) is 0.787. The molecule has 1 heterocycles. The van der Waals surface area contributed by atoms with Crippen molar-refractivity contribution in [3.8, 4) is 0 Å². The molecule has 0 spiro atoms.